The summed E-state index contributed by atoms with van der Waals surface area (Å²) in [6.07, 6.45) is -0.984. The van der Waals surface area contributed by atoms with Crippen LogP contribution in [-0.2, 0) is 6.18 Å². The molecule has 0 aromatic heterocycles. The van der Waals surface area contributed by atoms with E-state index in [9.17, 15) is 18.0 Å². The zero-order valence-corrected chi connectivity index (χ0v) is 15.6. The van der Waals surface area contributed by atoms with E-state index in [-0.39, 0.29) is 12.2 Å². The van der Waals surface area contributed by atoms with Crippen molar-refractivity contribution in [3.8, 4) is 17.2 Å². The Kier molecular flexibility index (Phi) is 6.41. The van der Waals surface area contributed by atoms with Crippen LogP contribution in [0, 0.1) is 0 Å². The molecule has 3 rings (SSSR count). The molecule has 0 unspecified atom stereocenters. The Balaban J connectivity index is 1.55. The molecule has 7 heteroatoms. The van der Waals surface area contributed by atoms with Crippen molar-refractivity contribution < 1.29 is 32.5 Å². The Hall–Kier alpha value is -3.74. The standard InChI is InChI=1S/C23H17F3O4/c24-23(25,26)18-10-6-16(7-11-18)3-2-14-29-20-4-1-5-21(15-20)30-19-12-8-17(9-13-19)22(27)28/h1-13,15H,14H2,(H,27,28). The van der Waals surface area contributed by atoms with Gasteiger partial charge in [-0.1, -0.05) is 24.3 Å². The summed E-state index contributed by atoms with van der Waals surface area (Å²) in [5, 5.41) is 8.91. The molecule has 4 nitrogen and oxygen atoms in total. The normalized spacial score (nSPS) is 11.4. The Morgan fingerprint density at radius 2 is 1.57 bits per heavy atom. The van der Waals surface area contributed by atoms with Crippen LogP contribution in [0.3, 0.4) is 0 Å². The average molecular weight is 414 g/mol. The van der Waals surface area contributed by atoms with Crippen LogP contribution in [0.5, 0.6) is 17.2 Å². The number of aromatic carboxylic acids is 1. The van der Waals surface area contributed by atoms with E-state index < -0.39 is 17.7 Å². The maximum atomic E-state index is 12.6. The second-order valence-corrected chi connectivity index (χ2v) is 6.24. The summed E-state index contributed by atoms with van der Waals surface area (Å²) < 4.78 is 49.0. The van der Waals surface area contributed by atoms with Gasteiger partial charge in [-0.25, -0.2) is 4.79 Å². The predicted octanol–water partition coefficient (Wildman–Crippen LogP) is 6.29. The number of hydrogen-bond donors (Lipinski definition) is 1. The maximum Gasteiger partial charge on any atom is 0.416 e. The smallest absolute Gasteiger partial charge is 0.416 e. The third-order valence-corrected chi connectivity index (χ3v) is 4.04. The molecular weight excluding hydrogens is 397 g/mol. The molecular formula is C23H17F3O4. The van der Waals surface area contributed by atoms with Crippen LogP contribution < -0.4 is 9.47 Å². The summed E-state index contributed by atoms with van der Waals surface area (Å²) in [6, 6.07) is 17.8. The molecule has 0 bridgehead atoms. The van der Waals surface area contributed by atoms with Gasteiger partial charge in [-0.2, -0.15) is 13.2 Å². The van der Waals surface area contributed by atoms with Crippen molar-refractivity contribution in [3.63, 3.8) is 0 Å². The third-order valence-electron chi connectivity index (χ3n) is 4.04. The maximum absolute atomic E-state index is 12.6. The predicted molar refractivity (Wildman–Crippen MR) is 106 cm³/mol. The van der Waals surface area contributed by atoms with Crippen LogP contribution in [0.2, 0.25) is 0 Å². The highest BCUT2D eigenvalue weighted by Gasteiger charge is 2.29. The number of rotatable bonds is 7. The summed E-state index contributed by atoms with van der Waals surface area (Å²) >= 11 is 0. The van der Waals surface area contributed by atoms with Crippen LogP contribution in [0.25, 0.3) is 6.08 Å². The van der Waals surface area contributed by atoms with Gasteiger partial charge in [-0.05, 0) is 60.2 Å². The first kappa shape index (κ1) is 21.0. The molecule has 0 aliphatic rings. The van der Waals surface area contributed by atoms with E-state index in [0.29, 0.717) is 22.8 Å². The topological polar surface area (TPSA) is 55.8 Å². The fraction of sp³-hybridized carbons (Fsp3) is 0.0870. The molecule has 0 saturated heterocycles. The lowest BCUT2D eigenvalue weighted by Gasteiger charge is -2.08. The second kappa shape index (κ2) is 9.17. The summed E-state index contributed by atoms with van der Waals surface area (Å²) in [6.45, 7) is 0.220. The summed E-state index contributed by atoms with van der Waals surface area (Å²) in [7, 11) is 0. The number of benzene rings is 3. The number of alkyl halides is 3. The first-order valence-corrected chi connectivity index (χ1v) is 8.89. The van der Waals surface area contributed by atoms with Gasteiger partial charge in [0.1, 0.15) is 23.9 Å². The molecule has 0 spiro atoms. The van der Waals surface area contributed by atoms with Gasteiger partial charge in [0.05, 0.1) is 11.1 Å². The van der Waals surface area contributed by atoms with Crippen LogP contribution in [0.4, 0.5) is 13.2 Å². The fourth-order valence-electron chi connectivity index (χ4n) is 2.54. The Labute approximate surface area is 170 Å². The number of carbonyl (C=O) groups is 1. The van der Waals surface area contributed by atoms with Gasteiger partial charge in [0, 0.05) is 6.07 Å². The molecule has 154 valence electrons. The number of halogens is 3. The number of carboxylic acids is 1. The minimum absolute atomic E-state index is 0.166. The molecule has 0 radical (unpaired) electrons. The minimum Gasteiger partial charge on any atom is -0.489 e. The molecule has 30 heavy (non-hydrogen) atoms. The van der Waals surface area contributed by atoms with Gasteiger partial charge in [0.2, 0.25) is 0 Å². The van der Waals surface area contributed by atoms with Crippen LogP contribution >= 0.6 is 0 Å². The Morgan fingerprint density at radius 1 is 0.900 bits per heavy atom. The fourth-order valence-corrected chi connectivity index (χ4v) is 2.54. The van der Waals surface area contributed by atoms with Crippen molar-refractivity contribution in [2.45, 2.75) is 6.18 Å². The second-order valence-electron chi connectivity index (χ2n) is 6.24. The highest BCUT2D eigenvalue weighted by atomic mass is 19.4. The zero-order chi connectivity index (χ0) is 21.6. The first-order chi connectivity index (χ1) is 14.3. The molecule has 0 aliphatic heterocycles. The molecule has 0 atom stereocenters. The lowest BCUT2D eigenvalue weighted by molar-refractivity contribution is -0.137. The van der Waals surface area contributed by atoms with Gasteiger partial charge >= 0.3 is 12.1 Å². The van der Waals surface area contributed by atoms with Crippen molar-refractivity contribution in [3.05, 3.63) is 95.6 Å². The van der Waals surface area contributed by atoms with E-state index in [1.165, 1.54) is 24.3 Å². The van der Waals surface area contributed by atoms with Crippen molar-refractivity contribution >= 4 is 12.0 Å². The average Bonchev–Trinajstić information content (AvgIpc) is 2.72. The van der Waals surface area contributed by atoms with E-state index in [1.807, 2.05) is 0 Å². The molecule has 0 fully saturated rings. The van der Waals surface area contributed by atoms with E-state index in [4.69, 9.17) is 14.6 Å². The highest BCUT2D eigenvalue weighted by molar-refractivity contribution is 5.87. The van der Waals surface area contributed by atoms with Crippen molar-refractivity contribution in [2.75, 3.05) is 6.61 Å². The van der Waals surface area contributed by atoms with Gasteiger partial charge in [-0.15, -0.1) is 0 Å². The van der Waals surface area contributed by atoms with Crippen LogP contribution in [0.1, 0.15) is 21.5 Å². The Bertz CT molecular complexity index is 1020. The molecule has 0 amide bonds. The molecule has 3 aromatic rings. The summed E-state index contributed by atoms with van der Waals surface area (Å²) in [5.41, 5.74) is 0.109. The van der Waals surface area contributed by atoms with E-state index in [2.05, 4.69) is 0 Å². The van der Waals surface area contributed by atoms with E-state index in [0.717, 1.165) is 12.1 Å². The van der Waals surface area contributed by atoms with Crippen LogP contribution in [0.15, 0.2) is 78.9 Å². The van der Waals surface area contributed by atoms with Gasteiger partial charge < -0.3 is 14.6 Å². The SMILES string of the molecule is O=C(O)c1ccc(Oc2cccc(OCC=Cc3ccc(C(F)(F)F)cc3)c2)cc1. The number of hydrogen-bond acceptors (Lipinski definition) is 3. The molecule has 1 N–H and O–H groups in total. The number of ether oxygens (including phenoxy) is 2. The van der Waals surface area contributed by atoms with Crippen molar-refractivity contribution in [2.24, 2.45) is 0 Å². The van der Waals surface area contributed by atoms with Crippen LogP contribution in [-0.4, -0.2) is 17.7 Å². The van der Waals surface area contributed by atoms with Gasteiger partial charge in [-0.3, -0.25) is 0 Å². The lowest BCUT2D eigenvalue weighted by Crippen LogP contribution is -2.03. The highest BCUT2D eigenvalue weighted by Crippen LogP contribution is 2.29. The first-order valence-electron chi connectivity index (χ1n) is 8.89. The zero-order valence-electron chi connectivity index (χ0n) is 15.6. The third kappa shape index (κ3) is 5.88. The summed E-state index contributed by atoms with van der Waals surface area (Å²) in [5.74, 6) is 0.537. The van der Waals surface area contributed by atoms with Crippen molar-refractivity contribution in [1.82, 2.24) is 0 Å². The quantitative estimate of drug-likeness (QED) is 0.494. The molecule has 0 saturated carbocycles. The summed E-state index contributed by atoms with van der Waals surface area (Å²) in [4.78, 5) is 10.9. The van der Waals surface area contributed by atoms with E-state index in [1.54, 1.807) is 48.6 Å². The molecule has 0 aliphatic carbocycles. The lowest BCUT2D eigenvalue weighted by atomic mass is 10.1. The number of carboxylic acid groups (broad SMARTS) is 1. The van der Waals surface area contributed by atoms with E-state index >= 15 is 0 Å². The largest absolute Gasteiger partial charge is 0.489 e. The molecule has 0 heterocycles. The Morgan fingerprint density at radius 3 is 2.20 bits per heavy atom. The van der Waals surface area contributed by atoms with Crippen molar-refractivity contribution in [1.29, 1.82) is 0 Å². The minimum atomic E-state index is -4.35. The van der Waals surface area contributed by atoms with Gasteiger partial charge in [0.25, 0.3) is 0 Å². The molecule has 3 aromatic carbocycles. The monoisotopic (exact) mass is 414 g/mol. The van der Waals surface area contributed by atoms with Gasteiger partial charge in [0.15, 0.2) is 0 Å².